The van der Waals surface area contributed by atoms with Gasteiger partial charge < -0.3 is 14.2 Å². The summed E-state index contributed by atoms with van der Waals surface area (Å²) in [5.41, 5.74) is 2.19. The number of esters is 1. The molecule has 0 spiro atoms. The zero-order valence-corrected chi connectivity index (χ0v) is 14.3. The van der Waals surface area contributed by atoms with Crippen molar-refractivity contribution < 1.29 is 19.0 Å². The van der Waals surface area contributed by atoms with Crippen LogP contribution in [0.3, 0.4) is 0 Å². The number of fused-ring (bicyclic) bond motifs is 2. The van der Waals surface area contributed by atoms with Gasteiger partial charge in [-0.25, -0.2) is 9.78 Å². The maximum Gasteiger partial charge on any atom is 0.360 e. The summed E-state index contributed by atoms with van der Waals surface area (Å²) in [6.07, 6.45) is 0. The predicted molar refractivity (Wildman–Crippen MR) is 92.6 cm³/mol. The lowest BCUT2D eigenvalue weighted by Gasteiger charge is -2.02. The molecule has 0 bridgehead atoms. The van der Waals surface area contributed by atoms with Crippen molar-refractivity contribution in [2.24, 2.45) is 10.2 Å². The first-order valence-electron chi connectivity index (χ1n) is 8.14. The second kappa shape index (κ2) is 6.47. The van der Waals surface area contributed by atoms with Crippen molar-refractivity contribution in [1.29, 1.82) is 0 Å². The third-order valence-electron chi connectivity index (χ3n) is 3.90. The third-order valence-corrected chi connectivity index (χ3v) is 3.90. The SMILES string of the molecule is CCOC(=O)c1nc2cccc(C)n2c1N=Nc1ccc2c(c1)OCO2. The number of nitrogens with zero attached hydrogens (tertiary/aromatic N) is 4. The fraction of sp³-hybridized carbons (Fsp3) is 0.222. The average Bonchev–Trinajstić information content (AvgIpc) is 3.24. The van der Waals surface area contributed by atoms with Gasteiger partial charge in [-0.1, -0.05) is 6.07 Å². The number of benzene rings is 1. The van der Waals surface area contributed by atoms with E-state index in [1.54, 1.807) is 35.6 Å². The van der Waals surface area contributed by atoms with Crippen LogP contribution >= 0.6 is 0 Å². The normalized spacial score (nSPS) is 12.8. The molecular formula is C18H16N4O4. The molecule has 1 aliphatic heterocycles. The number of rotatable bonds is 4. The number of azo groups is 1. The van der Waals surface area contributed by atoms with Gasteiger partial charge in [-0.05, 0) is 38.1 Å². The number of aryl methyl sites for hydroxylation is 1. The molecule has 0 amide bonds. The third kappa shape index (κ3) is 2.75. The summed E-state index contributed by atoms with van der Waals surface area (Å²) in [4.78, 5) is 16.6. The van der Waals surface area contributed by atoms with Gasteiger partial charge in [0.15, 0.2) is 23.0 Å². The van der Waals surface area contributed by atoms with E-state index in [9.17, 15) is 4.79 Å². The van der Waals surface area contributed by atoms with Crippen LogP contribution in [0.25, 0.3) is 5.65 Å². The predicted octanol–water partition coefficient (Wildman–Crippen LogP) is 3.96. The Morgan fingerprint density at radius 3 is 2.92 bits per heavy atom. The van der Waals surface area contributed by atoms with E-state index in [0.29, 0.717) is 28.7 Å². The van der Waals surface area contributed by atoms with E-state index in [1.807, 2.05) is 19.1 Å². The first-order chi connectivity index (χ1) is 12.7. The van der Waals surface area contributed by atoms with E-state index in [0.717, 1.165) is 5.69 Å². The number of ether oxygens (including phenoxy) is 3. The monoisotopic (exact) mass is 352 g/mol. The highest BCUT2D eigenvalue weighted by Crippen LogP contribution is 2.36. The largest absolute Gasteiger partial charge is 0.461 e. The Morgan fingerprint density at radius 1 is 1.23 bits per heavy atom. The maximum atomic E-state index is 12.3. The molecule has 1 aliphatic rings. The van der Waals surface area contributed by atoms with Crippen LogP contribution in [0.2, 0.25) is 0 Å². The molecule has 0 fully saturated rings. The first kappa shape index (κ1) is 16.1. The number of hydrogen-bond donors (Lipinski definition) is 0. The zero-order valence-electron chi connectivity index (χ0n) is 14.3. The van der Waals surface area contributed by atoms with Crippen LogP contribution in [-0.4, -0.2) is 28.8 Å². The van der Waals surface area contributed by atoms with E-state index in [4.69, 9.17) is 14.2 Å². The first-order valence-corrected chi connectivity index (χ1v) is 8.14. The van der Waals surface area contributed by atoms with Crippen LogP contribution in [0, 0.1) is 6.92 Å². The summed E-state index contributed by atoms with van der Waals surface area (Å²) in [5.74, 6) is 1.08. The average molecular weight is 352 g/mol. The molecule has 3 aromatic rings. The Balaban J connectivity index is 1.79. The molecule has 0 saturated heterocycles. The Labute approximate surface area is 149 Å². The van der Waals surface area contributed by atoms with Gasteiger partial charge in [0.05, 0.1) is 12.3 Å². The fourth-order valence-electron chi connectivity index (χ4n) is 2.72. The summed E-state index contributed by atoms with van der Waals surface area (Å²) in [5, 5.41) is 8.52. The van der Waals surface area contributed by atoms with Crippen molar-refractivity contribution in [2.75, 3.05) is 13.4 Å². The lowest BCUT2D eigenvalue weighted by molar-refractivity contribution is 0.0521. The maximum absolute atomic E-state index is 12.3. The Bertz CT molecular complexity index is 1030. The van der Waals surface area contributed by atoms with Crippen LogP contribution in [-0.2, 0) is 4.74 Å². The lowest BCUT2D eigenvalue weighted by atomic mass is 10.3. The minimum Gasteiger partial charge on any atom is -0.461 e. The second-order valence-electron chi connectivity index (χ2n) is 5.60. The van der Waals surface area contributed by atoms with Crippen LogP contribution in [0.1, 0.15) is 23.1 Å². The molecule has 8 nitrogen and oxygen atoms in total. The van der Waals surface area contributed by atoms with Gasteiger partial charge in [0.2, 0.25) is 6.79 Å². The molecular weight excluding hydrogens is 336 g/mol. The van der Waals surface area contributed by atoms with Gasteiger partial charge in [0, 0.05) is 11.8 Å². The van der Waals surface area contributed by atoms with Gasteiger partial charge in [-0.15, -0.1) is 10.2 Å². The van der Waals surface area contributed by atoms with Crippen molar-refractivity contribution in [3.63, 3.8) is 0 Å². The molecule has 26 heavy (non-hydrogen) atoms. The van der Waals surface area contributed by atoms with Crippen molar-refractivity contribution in [2.45, 2.75) is 13.8 Å². The van der Waals surface area contributed by atoms with Gasteiger partial charge in [0.1, 0.15) is 5.65 Å². The topological polar surface area (TPSA) is 86.8 Å². The van der Waals surface area contributed by atoms with Gasteiger partial charge in [-0.3, -0.25) is 4.40 Å². The van der Waals surface area contributed by atoms with E-state index in [-0.39, 0.29) is 19.1 Å². The Kier molecular flexibility index (Phi) is 4.00. The minimum atomic E-state index is -0.532. The number of carbonyl (C=O) groups excluding carboxylic acids is 1. The molecule has 0 unspecified atom stereocenters. The van der Waals surface area contributed by atoms with Gasteiger partial charge >= 0.3 is 5.97 Å². The molecule has 0 saturated carbocycles. The quantitative estimate of drug-likeness (QED) is 0.524. The molecule has 8 heteroatoms. The Morgan fingerprint density at radius 2 is 2.08 bits per heavy atom. The molecule has 0 N–H and O–H groups in total. The van der Waals surface area contributed by atoms with E-state index >= 15 is 0 Å². The van der Waals surface area contributed by atoms with E-state index in [2.05, 4.69) is 15.2 Å². The number of hydrogen-bond acceptors (Lipinski definition) is 7. The number of pyridine rings is 1. The molecule has 1 aromatic carbocycles. The summed E-state index contributed by atoms with van der Waals surface area (Å²) in [7, 11) is 0. The van der Waals surface area contributed by atoms with Crippen molar-refractivity contribution in [3.05, 3.63) is 47.8 Å². The zero-order chi connectivity index (χ0) is 18.1. The highest BCUT2D eigenvalue weighted by Gasteiger charge is 2.21. The highest BCUT2D eigenvalue weighted by atomic mass is 16.7. The second-order valence-corrected chi connectivity index (χ2v) is 5.60. The van der Waals surface area contributed by atoms with E-state index < -0.39 is 5.97 Å². The van der Waals surface area contributed by atoms with Gasteiger partial charge in [0.25, 0.3) is 0 Å². The molecule has 0 aliphatic carbocycles. The number of carbonyl (C=O) groups is 1. The van der Waals surface area contributed by atoms with Crippen LogP contribution in [0.4, 0.5) is 11.5 Å². The molecule has 4 rings (SSSR count). The number of imidazole rings is 1. The molecule has 132 valence electrons. The molecule has 0 radical (unpaired) electrons. The molecule has 3 heterocycles. The summed E-state index contributed by atoms with van der Waals surface area (Å²) < 4.78 is 17.5. The van der Waals surface area contributed by atoms with Crippen LogP contribution in [0.5, 0.6) is 11.5 Å². The van der Waals surface area contributed by atoms with Crippen molar-refractivity contribution >= 4 is 23.1 Å². The smallest absolute Gasteiger partial charge is 0.360 e. The molecule has 0 atom stereocenters. The summed E-state index contributed by atoms with van der Waals surface area (Å²) in [6, 6.07) is 10.8. The van der Waals surface area contributed by atoms with Crippen LogP contribution in [0.15, 0.2) is 46.6 Å². The van der Waals surface area contributed by atoms with Gasteiger partial charge in [-0.2, -0.15) is 0 Å². The Hall–Kier alpha value is -3.42. The standard InChI is InChI=1S/C18H16N4O4/c1-3-24-18(23)16-17(22-11(2)5-4-6-15(22)19-16)21-20-12-7-8-13-14(9-12)26-10-25-13/h4-9H,3,10H2,1-2H3. The van der Waals surface area contributed by atoms with E-state index in [1.165, 1.54) is 0 Å². The fourth-order valence-corrected chi connectivity index (χ4v) is 2.72. The minimum absolute atomic E-state index is 0.130. The van der Waals surface area contributed by atoms with Crippen molar-refractivity contribution in [1.82, 2.24) is 9.38 Å². The number of aromatic nitrogens is 2. The summed E-state index contributed by atoms with van der Waals surface area (Å²) in [6.45, 7) is 4.09. The lowest BCUT2D eigenvalue weighted by Crippen LogP contribution is -2.05. The van der Waals surface area contributed by atoms with Crippen LogP contribution < -0.4 is 9.47 Å². The summed E-state index contributed by atoms with van der Waals surface area (Å²) >= 11 is 0. The highest BCUT2D eigenvalue weighted by molar-refractivity contribution is 5.93. The molecule has 2 aromatic heterocycles. The van der Waals surface area contributed by atoms with Crippen molar-refractivity contribution in [3.8, 4) is 11.5 Å².